The van der Waals surface area contributed by atoms with Gasteiger partial charge < -0.3 is 10.4 Å². The van der Waals surface area contributed by atoms with E-state index in [1.54, 1.807) is 0 Å². The standard InChI is InChI=1S/C17H33NO/c1-13(2)16-9-5-6-10-17(16)18-11-14-7-3-4-8-15(14)12-19/h13-19H,3-12H2,1-2H3. The fourth-order valence-corrected chi connectivity index (χ4v) is 4.31. The van der Waals surface area contributed by atoms with Crippen molar-refractivity contribution in [3.05, 3.63) is 0 Å². The van der Waals surface area contributed by atoms with Crippen LogP contribution in [0.2, 0.25) is 0 Å². The molecule has 2 nitrogen and oxygen atoms in total. The zero-order valence-electron chi connectivity index (χ0n) is 12.9. The third kappa shape index (κ3) is 4.19. The smallest absolute Gasteiger partial charge is 0.0462 e. The van der Waals surface area contributed by atoms with Crippen molar-refractivity contribution >= 4 is 0 Å². The van der Waals surface area contributed by atoms with Crippen molar-refractivity contribution < 1.29 is 5.11 Å². The lowest BCUT2D eigenvalue weighted by Gasteiger charge is -2.38. The Kier molecular flexibility index (Phi) is 6.15. The van der Waals surface area contributed by atoms with Crippen LogP contribution in [0.25, 0.3) is 0 Å². The molecule has 2 heteroatoms. The molecule has 2 aliphatic carbocycles. The summed E-state index contributed by atoms with van der Waals surface area (Å²) >= 11 is 0. The van der Waals surface area contributed by atoms with Gasteiger partial charge in [0.1, 0.15) is 0 Å². The van der Waals surface area contributed by atoms with Gasteiger partial charge in [0.05, 0.1) is 0 Å². The van der Waals surface area contributed by atoms with E-state index in [-0.39, 0.29) is 0 Å². The highest BCUT2D eigenvalue weighted by molar-refractivity contribution is 4.85. The third-order valence-corrected chi connectivity index (χ3v) is 5.62. The lowest BCUT2D eigenvalue weighted by atomic mass is 9.76. The van der Waals surface area contributed by atoms with Crippen LogP contribution in [0.1, 0.15) is 65.2 Å². The highest BCUT2D eigenvalue weighted by atomic mass is 16.3. The monoisotopic (exact) mass is 267 g/mol. The lowest BCUT2D eigenvalue weighted by molar-refractivity contribution is 0.121. The maximum absolute atomic E-state index is 9.51. The first kappa shape index (κ1) is 15.3. The van der Waals surface area contributed by atoms with Crippen molar-refractivity contribution in [2.75, 3.05) is 13.2 Å². The Morgan fingerprint density at radius 2 is 1.58 bits per heavy atom. The van der Waals surface area contributed by atoms with E-state index in [1.807, 2.05) is 0 Å². The van der Waals surface area contributed by atoms with E-state index in [4.69, 9.17) is 0 Å². The van der Waals surface area contributed by atoms with Crippen LogP contribution in [0, 0.1) is 23.7 Å². The summed E-state index contributed by atoms with van der Waals surface area (Å²) in [6.07, 6.45) is 10.8. The van der Waals surface area contributed by atoms with Crippen LogP contribution in [0.4, 0.5) is 0 Å². The average Bonchev–Trinajstić information content (AvgIpc) is 2.45. The van der Waals surface area contributed by atoms with Crippen LogP contribution < -0.4 is 5.32 Å². The van der Waals surface area contributed by atoms with Crippen LogP contribution in [0.15, 0.2) is 0 Å². The molecule has 0 saturated heterocycles. The largest absolute Gasteiger partial charge is 0.396 e. The van der Waals surface area contributed by atoms with Crippen molar-refractivity contribution in [2.24, 2.45) is 23.7 Å². The minimum atomic E-state index is 0.393. The second-order valence-corrected chi connectivity index (χ2v) is 7.19. The minimum absolute atomic E-state index is 0.393. The second-order valence-electron chi connectivity index (χ2n) is 7.19. The zero-order chi connectivity index (χ0) is 13.7. The van der Waals surface area contributed by atoms with E-state index < -0.39 is 0 Å². The Morgan fingerprint density at radius 3 is 2.26 bits per heavy atom. The molecular formula is C17H33NO. The molecule has 0 radical (unpaired) electrons. The summed E-state index contributed by atoms with van der Waals surface area (Å²) in [4.78, 5) is 0. The molecule has 112 valence electrons. The number of aliphatic hydroxyl groups is 1. The number of nitrogens with one attached hydrogen (secondary N) is 1. The first-order chi connectivity index (χ1) is 9.22. The van der Waals surface area contributed by atoms with Crippen LogP contribution in [0.3, 0.4) is 0 Å². The van der Waals surface area contributed by atoms with Crippen molar-refractivity contribution in [1.82, 2.24) is 5.32 Å². The molecule has 0 aliphatic heterocycles. The molecule has 2 N–H and O–H groups in total. The topological polar surface area (TPSA) is 32.3 Å². The van der Waals surface area contributed by atoms with Gasteiger partial charge in [-0.15, -0.1) is 0 Å². The highest BCUT2D eigenvalue weighted by Gasteiger charge is 2.29. The highest BCUT2D eigenvalue weighted by Crippen LogP contribution is 2.32. The molecule has 0 amide bonds. The van der Waals surface area contributed by atoms with Gasteiger partial charge in [-0.25, -0.2) is 0 Å². The molecule has 2 saturated carbocycles. The predicted molar refractivity (Wildman–Crippen MR) is 81.1 cm³/mol. The predicted octanol–water partition coefficient (Wildman–Crippen LogP) is 3.59. The first-order valence-electron chi connectivity index (χ1n) is 8.56. The van der Waals surface area contributed by atoms with Gasteiger partial charge in [-0.1, -0.05) is 39.5 Å². The van der Waals surface area contributed by atoms with Gasteiger partial charge in [0.25, 0.3) is 0 Å². The Hall–Kier alpha value is -0.0800. The maximum Gasteiger partial charge on any atom is 0.0462 e. The maximum atomic E-state index is 9.51. The van der Waals surface area contributed by atoms with Crippen LogP contribution in [-0.4, -0.2) is 24.3 Å². The normalized spacial score (nSPS) is 36.6. The van der Waals surface area contributed by atoms with Crippen LogP contribution >= 0.6 is 0 Å². The summed E-state index contributed by atoms with van der Waals surface area (Å²) in [7, 11) is 0. The molecule has 0 heterocycles. The van der Waals surface area contributed by atoms with Gasteiger partial charge in [-0.2, -0.15) is 0 Å². The first-order valence-corrected chi connectivity index (χ1v) is 8.56. The van der Waals surface area contributed by atoms with Gasteiger partial charge in [-0.3, -0.25) is 0 Å². The van der Waals surface area contributed by atoms with Gasteiger partial charge >= 0.3 is 0 Å². The number of rotatable bonds is 5. The molecule has 0 aromatic carbocycles. The number of aliphatic hydroxyl groups excluding tert-OH is 1. The minimum Gasteiger partial charge on any atom is -0.396 e. The summed E-state index contributed by atoms with van der Waals surface area (Å²) in [6.45, 7) is 6.29. The van der Waals surface area contributed by atoms with Crippen molar-refractivity contribution in [2.45, 2.75) is 71.3 Å². The fraction of sp³-hybridized carbons (Fsp3) is 1.00. The van der Waals surface area contributed by atoms with Gasteiger partial charge in [0, 0.05) is 12.6 Å². The number of hydrogen-bond donors (Lipinski definition) is 2. The molecule has 0 bridgehead atoms. The second kappa shape index (κ2) is 7.64. The molecule has 2 aliphatic rings. The van der Waals surface area contributed by atoms with Gasteiger partial charge in [-0.05, 0) is 55.9 Å². The molecule has 0 spiro atoms. The van der Waals surface area contributed by atoms with Gasteiger partial charge in [0.15, 0.2) is 0 Å². The van der Waals surface area contributed by atoms with Crippen molar-refractivity contribution in [1.29, 1.82) is 0 Å². The summed E-state index contributed by atoms with van der Waals surface area (Å²) in [5, 5.41) is 13.4. The third-order valence-electron chi connectivity index (χ3n) is 5.62. The molecule has 4 atom stereocenters. The van der Waals surface area contributed by atoms with E-state index in [9.17, 15) is 5.11 Å². The molecular weight excluding hydrogens is 234 g/mol. The Balaban J connectivity index is 1.82. The van der Waals surface area contributed by atoms with E-state index in [2.05, 4.69) is 19.2 Å². The molecule has 2 fully saturated rings. The lowest BCUT2D eigenvalue weighted by Crippen LogP contribution is -2.44. The van der Waals surface area contributed by atoms with E-state index in [1.165, 1.54) is 51.4 Å². The number of hydrogen-bond acceptors (Lipinski definition) is 2. The van der Waals surface area contributed by atoms with Gasteiger partial charge in [0.2, 0.25) is 0 Å². The van der Waals surface area contributed by atoms with Crippen LogP contribution in [0.5, 0.6) is 0 Å². The summed E-state index contributed by atoms with van der Waals surface area (Å²) in [5.74, 6) is 2.94. The van der Waals surface area contributed by atoms with Crippen LogP contribution in [-0.2, 0) is 0 Å². The fourth-order valence-electron chi connectivity index (χ4n) is 4.31. The van der Waals surface area contributed by atoms with E-state index in [0.717, 1.165) is 24.4 Å². The summed E-state index contributed by atoms with van der Waals surface area (Å²) in [6, 6.07) is 0.731. The van der Waals surface area contributed by atoms with Crippen molar-refractivity contribution in [3.63, 3.8) is 0 Å². The SMILES string of the molecule is CC(C)C1CCCCC1NCC1CCCCC1CO. The van der Waals surface area contributed by atoms with E-state index >= 15 is 0 Å². The Labute approximate surface area is 119 Å². The summed E-state index contributed by atoms with van der Waals surface area (Å²) < 4.78 is 0. The molecule has 4 unspecified atom stereocenters. The Morgan fingerprint density at radius 1 is 0.947 bits per heavy atom. The molecule has 0 aromatic heterocycles. The summed E-state index contributed by atoms with van der Waals surface area (Å²) in [5.41, 5.74) is 0. The van der Waals surface area contributed by atoms with Crippen molar-refractivity contribution in [3.8, 4) is 0 Å². The average molecular weight is 267 g/mol. The quantitative estimate of drug-likeness (QED) is 0.798. The Bertz CT molecular complexity index is 254. The molecule has 2 rings (SSSR count). The van der Waals surface area contributed by atoms with E-state index in [0.29, 0.717) is 18.4 Å². The molecule has 19 heavy (non-hydrogen) atoms. The molecule has 0 aromatic rings. The zero-order valence-corrected chi connectivity index (χ0v) is 12.9.